The van der Waals surface area contributed by atoms with Crippen molar-refractivity contribution in [2.75, 3.05) is 0 Å². The molecule has 1 saturated heterocycles. The van der Waals surface area contributed by atoms with Gasteiger partial charge in [-0.05, 0) is 26.2 Å². The lowest BCUT2D eigenvalue weighted by atomic mass is 9.84. The van der Waals surface area contributed by atoms with E-state index in [9.17, 15) is 4.79 Å². The monoisotopic (exact) mass is 210 g/mol. The average molecular weight is 210 g/mol. The van der Waals surface area contributed by atoms with Crippen LogP contribution in [0.25, 0.3) is 0 Å². The lowest BCUT2D eigenvalue weighted by molar-refractivity contribution is -0.124. The molecule has 86 valence electrons. The van der Waals surface area contributed by atoms with Crippen LogP contribution in [-0.2, 0) is 9.53 Å². The van der Waals surface area contributed by atoms with E-state index < -0.39 is 0 Å². The summed E-state index contributed by atoms with van der Waals surface area (Å²) in [5.74, 6) is 0.687. The molecule has 0 saturated carbocycles. The maximum atomic E-state index is 12.0. The van der Waals surface area contributed by atoms with Crippen molar-refractivity contribution in [3.8, 4) is 0 Å². The average Bonchev–Trinajstić information content (AvgIpc) is 2.41. The molecule has 2 heteroatoms. The summed E-state index contributed by atoms with van der Waals surface area (Å²) in [6, 6.07) is 0. The summed E-state index contributed by atoms with van der Waals surface area (Å²) >= 11 is 0. The summed E-state index contributed by atoms with van der Waals surface area (Å²) in [4.78, 5) is 12.0. The summed E-state index contributed by atoms with van der Waals surface area (Å²) in [6.45, 7) is 12.1. The molecule has 1 aliphatic rings. The molecule has 0 aromatic rings. The second kappa shape index (κ2) is 4.93. The molecule has 0 aromatic carbocycles. The molecule has 0 aromatic heterocycles. The Hall–Kier alpha value is -0.630. The van der Waals surface area contributed by atoms with Gasteiger partial charge in [0.05, 0.1) is 12.2 Å². The molecule has 0 N–H and O–H groups in total. The summed E-state index contributed by atoms with van der Waals surface area (Å²) in [6.07, 6.45) is 1.67. The standard InChI is InChI=1S/C13H22O2/c1-6-8(2)7-12(14)13-9(3)10(4)15-11(13)5/h9-11,13H,2,6-7H2,1,3-5H3. The topological polar surface area (TPSA) is 26.3 Å². The van der Waals surface area contributed by atoms with Crippen molar-refractivity contribution in [3.05, 3.63) is 12.2 Å². The lowest BCUT2D eigenvalue weighted by Crippen LogP contribution is -2.26. The van der Waals surface area contributed by atoms with Crippen molar-refractivity contribution in [2.45, 2.75) is 52.7 Å². The van der Waals surface area contributed by atoms with Crippen LogP contribution in [0.3, 0.4) is 0 Å². The van der Waals surface area contributed by atoms with Crippen LogP contribution >= 0.6 is 0 Å². The van der Waals surface area contributed by atoms with Gasteiger partial charge in [0.1, 0.15) is 5.78 Å². The first-order chi connectivity index (χ1) is 6.97. The Bertz CT molecular complexity index is 257. The highest BCUT2D eigenvalue weighted by molar-refractivity contribution is 5.84. The molecule has 0 spiro atoms. The third-order valence-electron chi connectivity index (χ3n) is 3.54. The molecule has 4 unspecified atom stereocenters. The number of rotatable bonds is 4. The molecule has 0 bridgehead atoms. The van der Waals surface area contributed by atoms with E-state index >= 15 is 0 Å². The first-order valence-corrected chi connectivity index (χ1v) is 5.82. The van der Waals surface area contributed by atoms with Crippen molar-refractivity contribution < 1.29 is 9.53 Å². The minimum atomic E-state index is 0.0586. The lowest BCUT2D eigenvalue weighted by Gasteiger charge is -2.17. The number of carbonyl (C=O) groups is 1. The van der Waals surface area contributed by atoms with Crippen LogP contribution in [0, 0.1) is 11.8 Å². The third kappa shape index (κ3) is 2.69. The van der Waals surface area contributed by atoms with Gasteiger partial charge >= 0.3 is 0 Å². The smallest absolute Gasteiger partial charge is 0.142 e. The first-order valence-electron chi connectivity index (χ1n) is 5.82. The minimum Gasteiger partial charge on any atom is -0.375 e. The molecule has 1 heterocycles. The predicted molar refractivity (Wildman–Crippen MR) is 61.7 cm³/mol. The van der Waals surface area contributed by atoms with E-state index in [4.69, 9.17) is 4.74 Å². The number of carbonyl (C=O) groups excluding carboxylic acids is 1. The summed E-state index contributed by atoms with van der Waals surface area (Å²) < 4.78 is 5.67. The minimum absolute atomic E-state index is 0.0586. The zero-order valence-corrected chi connectivity index (χ0v) is 10.2. The van der Waals surface area contributed by atoms with Gasteiger partial charge in [-0.25, -0.2) is 0 Å². The highest BCUT2D eigenvalue weighted by Crippen LogP contribution is 2.34. The fraction of sp³-hybridized carbons (Fsp3) is 0.769. The van der Waals surface area contributed by atoms with E-state index in [0.717, 1.165) is 12.0 Å². The number of allylic oxidation sites excluding steroid dienone is 1. The molecule has 0 aliphatic carbocycles. The number of hydrogen-bond acceptors (Lipinski definition) is 2. The Balaban J connectivity index is 2.63. The zero-order valence-electron chi connectivity index (χ0n) is 10.2. The Kier molecular flexibility index (Phi) is 4.09. The van der Waals surface area contributed by atoms with E-state index in [-0.39, 0.29) is 18.1 Å². The van der Waals surface area contributed by atoms with Crippen LogP contribution < -0.4 is 0 Å². The Morgan fingerprint density at radius 3 is 2.27 bits per heavy atom. The van der Waals surface area contributed by atoms with Gasteiger partial charge in [-0.2, -0.15) is 0 Å². The van der Waals surface area contributed by atoms with E-state index in [1.807, 2.05) is 20.8 Å². The summed E-state index contributed by atoms with van der Waals surface area (Å²) in [5, 5.41) is 0. The molecular formula is C13H22O2. The number of ether oxygens (including phenoxy) is 1. The SMILES string of the molecule is C=C(CC)CC(=O)C1C(C)OC(C)C1C. The molecule has 0 amide bonds. The van der Waals surface area contributed by atoms with Crippen LogP contribution in [0.15, 0.2) is 12.2 Å². The fourth-order valence-electron chi connectivity index (χ4n) is 2.31. The quantitative estimate of drug-likeness (QED) is 0.667. The predicted octanol–water partition coefficient (Wildman–Crippen LogP) is 2.97. The molecule has 4 atom stereocenters. The first kappa shape index (κ1) is 12.4. The van der Waals surface area contributed by atoms with Crippen LogP contribution in [0.1, 0.15) is 40.5 Å². The molecule has 1 aliphatic heterocycles. The highest BCUT2D eigenvalue weighted by atomic mass is 16.5. The van der Waals surface area contributed by atoms with Gasteiger partial charge in [-0.3, -0.25) is 4.79 Å². The second-order valence-electron chi connectivity index (χ2n) is 4.68. The molecule has 15 heavy (non-hydrogen) atoms. The zero-order chi connectivity index (χ0) is 11.6. The van der Waals surface area contributed by atoms with E-state index in [2.05, 4.69) is 13.5 Å². The van der Waals surface area contributed by atoms with Crippen LogP contribution in [0.5, 0.6) is 0 Å². The van der Waals surface area contributed by atoms with Gasteiger partial charge in [-0.1, -0.05) is 26.0 Å². The Morgan fingerprint density at radius 2 is 1.87 bits per heavy atom. The maximum Gasteiger partial charge on any atom is 0.142 e. The number of hydrogen-bond donors (Lipinski definition) is 0. The van der Waals surface area contributed by atoms with E-state index in [0.29, 0.717) is 18.1 Å². The third-order valence-corrected chi connectivity index (χ3v) is 3.54. The Labute approximate surface area is 92.7 Å². The number of Topliss-reactive ketones (excluding diaryl/α,β-unsaturated/α-hetero) is 1. The molecule has 0 radical (unpaired) electrons. The van der Waals surface area contributed by atoms with Crippen molar-refractivity contribution >= 4 is 5.78 Å². The molecule has 1 fully saturated rings. The van der Waals surface area contributed by atoms with Gasteiger partial charge in [0, 0.05) is 12.3 Å². The fourth-order valence-corrected chi connectivity index (χ4v) is 2.31. The van der Waals surface area contributed by atoms with Crippen LogP contribution in [0.2, 0.25) is 0 Å². The van der Waals surface area contributed by atoms with Crippen LogP contribution in [0.4, 0.5) is 0 Å². The van der Waals surface area contributed by atoms with Crippen molar-refractivity contribution in [3.63, 3.8) is 0 Å². The maximum absolute atomic E-state index is 12.0. The molecular weight excluding hydrogens is 188 g/mol. The van der Waals surface area contributed by atoms with Crippen LogP contribution in [-0.4, -0.2) is 18.0 Å². The van der Waals surface area contributed by atoms with Gasteiger partial charge in [0.15, 0.2) is 0 Å². The molecule has 2 nitrogen and oxygen atoms in total. The van der Waals surface area contributed by atoms with Crippen molar-refractivity contribution in [2.24, 2.45) is 11.8 Å². The van der Waals surface area contributed by atoms with Gasteiger partial charge in [-0.15, -0.1) is 0 Å². The Morgan fingerprint density at radius 1 is 1.27 bits per heavy atom. The normalized spacial score (nSPS) is 35.5. The number of ketones is 1. The van der Waals surface area contributed by atoms with E-state index in [1.54, 1.807) is 0 Å². The molecule has 1 rings (SSSR count). The highest BCUT2D eigenvalue weighted by Gasteiger charge is 2.40. The van der Waals surface area contributed by atoms with Crippen molar-refractivity contribution in [1.82, 2.24) is 0 Å². The second-order valence-corrected chi connectivity index (χ2v) is 4.68. The summed E-state index contributed by atoms with van der Waals surface area (Å²) in [5.41, 5.74) is 1.03. The van der Waals surface area contributed by atoms with Gasteiger partial charge in [0.2, 0.25) is 0 Å². The largest absolute Gasteiger partial charge is 0.375 e. The van der Waals surface area contributed by atoms with E-state index in [1.165, 1.54) is 0 Å². The summed E-state index contributed by atoms with van der Waals surface area (Å²) in [7, 11) is 0. The van der Waals surface area contributed by atoms with Crippen molar-refractivity contribution in [1.29, 1.82) is 0 Å². The van der Waals surface area contributed by atoms with Gasteiger partial charge in [0.25, 0.3) is 0 Å². The van der Waals surface area contributed by atoms with Gasteiger partial charge < -0.3 is 4.74 Å².